The molecule has 3 heterocycles. The average Bonchev–Trinajstić information content (AvgIpc) is 3.27. The fraction of sp³-hybridized carbons (Fsp3) is 0.111. The number of amides is 1. The van der Waals surface area contributed by atoms with Crippen molar-refractivity contribution in [3.8, 4) is 0 Å². The molecule has 0 unspecified atom stereocenters. The summed E-state index contributed by atoms with van der Waals surface area (Å²) in [5.41, 5.74) is 2.57. The number of anilines is 1. The van der Waals surface area contributed by atoms with Gasteiger partial charge in [-0.3, -0.25) is 9.52 Å². The van der Waals surface area contributed by atoms with Crippen molar-refractivity contribution in [2.75, 3.05) is 17.0 Å². The normalized spacial score (nSPS) is 11.7. The zero-order valence-corrected chi connectivity index (χ0v) is 15.0. The van der Waals surface area contributed by atoms with Gasteiger partial charge in [-0.2, -0.15) is 5.10 Å². The first-order valence-corrected chi connectivity index (χ1v) is 9.95. The number of sulfonamides is 1. The van der Waals surface area contributed by atoms with Gasteiger partial charge in [0.2, 0.25) is 10.0 Å². The van der Waals surface area contributed by atoms with Gasteiger partial charge in [0.15, 0.2) is 0 Å². The molecule has 4 rings (SSSR count). The quantitative estimate of drug-likeness (QED) is 0.473. The Hall–Kier alpha value is -3.33. The maximum Gasteiger partial charge on any atom is 0.253 e. The summed E-state index contributed by atoms with van der Waals surface area (Å²) in [6.45, 7) is 0.00258. The number of H-pyrrole nitrogens is 1. The Balaban J connectivity index is 1.38. The predicted molar refractivity (Wildman–Crippen MR) is 103 cm³/mol. The number of pyridine rings is 1. The van der Waals surface area contributed by atoms with E-state index in [9.17, 15) is 13.2 Å². The second-order valence-corrected chi connectivity index (χ2v) is 7.88. The zero-order valence-electron chi connectivity index (χ0n) is 14.2. The molecule has 27 heavy (non-hydrogen) atoms. The van der Waals surface area contributed by atoms with Crippen LogP contribution in [0.5, 0.6) is 0 Å². The maximum absolute atomic E-state index is 12.3. The average molecular weight is 383 g/mol. The minimum Gasteiger partial charge on any atom is -0.360 e. The number of carbonyl (C=O) groups excluding carboxylic acids is 1. The zero-order chi connectivity index (χ0) is 18.9. The van der Waals surface area contributed by atoms with E-state index in [2.05, 4.69) is 20.1 Å². The molecule has 8 nitrogen and oxygen atoms in total. The molecule has 4 aromatic rings. The number of carbonyl (C=O) groups is 1. The molecule has 0 fully saturated rings. The van der Waals surface area contributed by atoms with Gasteiger partial charge in [0, 0.05) is 36.0 Å². The van der Waals surface area contributed by atoms with E-state index in [1.807, 2.05) is 24.3 Å². The van der Waals surface area contributed by atoms with E-state index >= 15 is 0 Å². The van der Waals surface area contributed by atoms with Crippen molar-refractivity contribution in [2.24, 2.45) is 0 Å². The van der Waals surface area contributed by atoms with E-state index in [1.165, 1.54) is 0 Å². The van der Waals surface area contributed by atoms with Gasteiger partial charge >= 0.3 is 0 Å². The van der Waals surface area contributed by atoms with Crippen molar-refractivity contribution in [1.82, 2.24) is 19.9 Å². The van der Waals surface area contributed by atoms with E-state index < -0.39 is 10.0 Å². The van der Waals surface area contributed by atoms with Gasteiger partial charge in [-0.1, -0.05) is 18.2 Å². The third-order valence-electron chi connectivity index (χ3n) is 4.16. The molecule has 1 amide bonds. The lowest BCUT2D eigenvalue weighted by atomic mass is 10.1. The molecule has 0 spiro atoms. The number of nitrogens with one attached hydrogen (secondary N) is 3. The summed E-state index contributed by atoms with van der Waals surface area (Å²) >= 11 is 0. The number of rotatable bonds is 6. The van der Waals surface area contributed by atoms with E-state index in [4.69, 9.17) is 0 Å². The number of hydrogen-bond acceptors (Lipinski definition) is 4. The molecule has 3 aromatic heterocycles. The summed E-state index contributed by atoms with van der Waals surface area (Å²) < 4.78 is 28.7. The first kappa shape index (κ1) is 17.1. The number of benzene rings is 1. The van der Waals surface area contributed by atoms with Crippen molar-refractivity contribution in [3.63, 3.8) is 0 Å². The summed E-state index contributed by atoms with van der Waals surface area (Å²) in [6, 6.07) is 12.5. The fourth-order valence-electron chi connectivity index (χ4n) is 2.87. The highest BCUT2D eigenvalue weighted by molar-refractivity contribution is 7.92. The lowest BCUT2D eigenvalue weighted by Gasteiger charge is -2.09. The Labute approximate surface area is 155 Å². The molecule has 0 bridgehead atoms. The molecule has 138 valence electrons. The Morgan fingerprint density at radius 1 is 1.19 bits per heavy atom. The fourth-order valence-corrected chi connectivity index (χ4v) is 3.83. The first-order valence-electron chi connectivity index (χ1n) is 8.30. The summed E-state index contributed by atoms with van der Waals surface area (Å²) in [7, 11) is -3.60. The Morgan fingerprint density at radius 2 is 2.04 bits per heavy atom. The lowest BCUT2D eigenvalue weighted by molar-refractivity contribution is 0.0958. The van der Waals surface area contributed by atoms with Gasteiger partial charge in [0.1, 0.15) is 0 Å². The standard InChI is InChI=1S/C18H17N5O3S/c24-18(16-12-20-17-4-2-1-3-15(16)17)19-8-10-27(25,26)22-13-6-9-23-14(11-13)5-7-21-23/h1-7,9,11-12,20,22H,8,10H2,(H,19,24). The number of fused-ring (bicyclic) bond motifs is 2. The molecule has 3 N–H and O–H groups in total. The van der Waals surface area contributed by atoms with Crippen molar-refractivity contribution in [2.45, 2.75) is 0 Å². The van der Waals surface area contributed by atoms with Crippen LogP contribution in [-0.2, 0) is 10.0 Å². The molecule has 0 atom stereocenters. The summed E-state index contributed by atoms with van der Waals surface area (Å²) in [5, 5.41) is 7.51. The third-order valence-corrected chi connectivity index (χ3v) is 5.45. The molecule has 0 saturated carbocycles. The molecule has 0 aliphatic rings. The Kier molecular flexibility index (Phi) is 4.28. The molecular weight excluding hydrogens is 366 g/mol. The summed E-state index contributed by atoms with van der Waals surface area (Å²) in [5.74, 6) is -0.547. The highest BCUT2D eigenvalue weighted by Gasteiger charge is 2.14. The van der Waals surface area contributed by atoms with E-state index in [-0.39, 0.29) is 18.2 Å². The first-order chi connectivity index (χ1) is 13.0. The molecule has 9 heteroatoms. The van der Waals surface area contributed by atoms with Gasteiger partial charge in [-0.15, -0.1) is 0 Å². The Morgan fingerprint density at radius 3 is 2.93 bits per heavy atom. The molecular formula is C18H17N5O3S. The molecule has 0 aliphatic heterocycles. The van der Waals surface area contributed by atoms with Gasteiger partial charge in [0.25, 0.3) is 5.91 Å². The van der Waals surface area contributed by atoms with E-state index in [0.29, 0.717) is 11.3 Å². The molecule has 0 radical (unpaired) electrons. The van der Waals surface area contributed by atoms with Gasteiger partial charge < -0.3 is 10.3 Å². The van der Waals surface area contributed by atoms with Crippen LogP contribution in [0.15, 0.2) is 61.1 Å². The molecule has 0 saturated heterocycles. The van der Waals surface area contributed by atoms with E-state index in [0.717, 1.165) is 16.4 Å². The SMILES string of the molecule is O=C(NCCS(=O)(=O)Nc1ccn2nccc2c1)c1c[nH]c2ccccc12. The number of para-hydroxylation sites is 1. The number of hydrogen-bond donors (Lipinski definition) is 3. The van der Waals surface area contributed by atoms with Crippen LogP contribution >= 0.6 is 0 Å². The van der Waals surface area contributed by atoms with Gasteiger partial charge in [0.05, 0.1) is 22.5 Å². The summed E-state index contributed by atoms with van der Waals surface area (Å²) in [6.07, 6.45) is 4.92. The van der Waals surface area contributed by atoms with E-state index in [1.54, 1.807) is 41.3 Å². The van der Waals surface area contributed by atoms with Crippen LogP contribution in [0.1, 0.15) is 10.4 Å². The van der Waals surface area contributed by atoms with Crippen LogP contribution in [0, 0.1) is 0 Å². The number of aromatic nitrogens is 3. The van der Waals surface area contributed by atoms with Crippen LogP contribution in [0.2, 0.25) is 0 Å². The largest absolute Gasteiger partial charge is 0.360 e. The van der Waals surface area contributed by atoms with Crippen molar-refractivity contribution in [3.05, 3.63) is 66.6 Å². The third kappa shape index (κ3) is 3.63. The van der Waals surface area contributed by atoms with Crippen LogP contribution in [0.25, 0.3) is 16.4 Å². The molecule has 0 aliphatic carbocycles. The number of nitrogens with zero attached hydrogens (tertiary/aromatic N) is 2. The minimum absolute atomic E-state index is 0.00258. The highest BCUT2D eigenvalue weighted by atomic mass is 32.2. The van der Waals surface area contributed by atoms with Crippen molar-refractivity contribution >= 4 is 38.0 Å². The second kappa shape index (κ2) is 6.76. The minimum atomic E-state index is -3.60. The smallest absolute Gasteiger partial charge is 0.253 e. The second-order valence-electron chi connectivity index (χ2n) is 6.04. The highest BCUT2D eigenvalue weighted by Crippen LogP contribution is 2.17. The Bertz CT molecular complexity index is 1230. The predicted octanol–water partition coefficient (Wildman–Crippen LogP) is 1.99. The van der Waals surface area contributed by atoms with Crippen LogP contribution in [0.3, 0.4) is 0 Å². The molecule has 1 aromatic carbocycles. The summed E-state index contributed by atoms with van der Waals surface area (Å²) in [4.78, 5) is 15.3. The topological polar surface area (TPSA) is 108 Å². The van der Waals surface area contributed by atoms with Crippen molar-refractivity contribution in [1.29, 1.82) is 0 Å². The monoisotopic (exact) mass is 383 g/mol. The van der Waals surface area contributed by atoms with Crippen LogP contribution < -0.4 is 10.0 Å². The lowest BCUT2D eigenvalue weighted by Crippen LogP contribution is -2.31. The maximum atomic E-state index is 12.3. The van der Waals surface area contributed by atoms with Crippen LogP contribution in [-0.4, -0.2) is 41.2 Å². The van der Waals surface area contributed by atoms with Crippen molar-refractivity contribution < 1.29 is 13.2 Å². The number of aromatic amines is 1. The van der Waals surface area contributed by atoms with Crippen LogP contribution in [0.4, 0.5) is 5.69 Å². The van der Waals surface area contributed by atoms with Gasteiger partial charge in [-0.25, -0.2) is 12.9 Å². The van der Waals surface area contributed by atoms with Gasteiger partial charge in [-0.05, 0) is 24.3 Å².